The predicted octanol–water partition coefficient (Wildman–Crippen LogP) is 4.68. The lowest BCUT2D eigenvalue weighted by Gasteiger charge is -2.28. The Labute approximate surface area is 110 Å². The molecule has 0 aliphatic heterocycles. The Hall–Kier alpha value is -0.0500. The number of hydrogen-bond acceptors (Lipinski definition) is 1. The zero-order valence-electron chi connectivity index (χ0n) is 9.26. The second-order valence-electron chi connectivity index (χ2n) is 4.59. The second-order valence-corrected chi connectivity index (χ2v) is 5.88. The van der Waals surface area contributed by atoms with E-state index in [1.54, 1.807) is 0 Å². The fourth-order valence-corrected chi connectivity index (χ4v) is 3.47. The molecule has 1 aliphatic rings. The Morgan fingerprint density at radius 2 is 1.94 bits per heavy atom. The van der Waals surface area contributed by atoms with Gasteiger partial charge in [-0.25, -0.2) is 0 Å². The molecule has 1 aromatic rings. The molecule has 0 saturated heterocycles. The Bertz CT molecular complexity index is 361. The van der Waals surface area contributed by atoms with E-state index in [4.69, 9.17) is 17.3 Å². The van der Waals surface area contributed by atoms with Crippen molar-refractivity contribution >= 4 is 27.5 Å². The average molecular weight is 303 g/mol. The van der Waals surface area contributed by atoms with E-state index < -0.39 is 0 Å². The molecule has 1 saturated carbocycles. The van der Waals surface area contributed by atoms with Crippen LogP contribution in [-0.2, 0) is 0 Å². The van der Waals surface area contributed by atoms with Crippen molar-refractivity contribution in [3.63, 3.8) is 0 Å². The lowest BCUT2D eigenvalue weighted by molar-refractivity contribution is 0.307. The molecule has 1 fully saturated rings. The van der Waals surface area contributed by atoms with E-state index in [-0.39, 0.29) is 6.04 Å². The Morgan fingerprint density at radius 3 is 2.56 bits per heavy atom. The van der Waals surface area contributed by atoms with Crippen LogP contribution in [0.4, 0.5) is 0 Å². The maximum Gasteiger partial charge on any atom is 0.0417 e. The minimum absolute atomic E-state index is 0.145. The van der Waals surface area contributed by atoms with Gasteiger partial charge in [0.05, 0.1) is 0 Å². The van der Waals surface area contributed by atoms with Crippen molar-refractivity contribution in [3.8, 4) is 0 Å². The lowest BCUT2D eigenvalue weighted by atomic mass is 9.81. The summed E-state index contributed by atoms with van der Waals surface area (Å²) in [4.78, 5) is 0. The van der Waals surface area contributed by atoms with Gasteiger partial charge in [0, 0.05) is 15.5 Å². The van der Waals surface area contributed by atoms with Crippen LogP contribution >= 0.6 is 27.5 Å². The molecule has 88 valence electrons. The van der Waals surface area contributed by atoms with Gasteiger partial charge >= 0.3 is 0 Å². The van der Waals surface area contributed by atoms with Gasteiger partial charge in [0.2, 0.25) is 0 Å². The standard InChI is InChI=1S/C13H17BrClN/c14-12-8-10(15)6-7-11(12)13(16)9-4-2-1-3-5-9/h6-9,13H,1-5,16H2. The highest BCUT2D eigenvalue weighted by molar-refractivity contribution is 9.10. The van der Waals surface area contributed by atoms with Gasteiger partial charge in [-0.1, -0.05) is 52.9 Å². The zero-order chi connectivity index (χ0) is 11.5. The maximum absolute atomic E-state index is 6.35. The summed E-state index contributed by atoms with van der Waals surface area (Å²) in [6.07, 6.45) is 6.53. The van der Waals surface area contributed by atoms with E-state index in [0.717, 1.165) is 9.50 Å². The molecule has 2 N–H and O–H groups in total. The highest BCUT2D eigenvalue weighted by Crippen LogP contribution is 2.36. The summed E-state index contributed by atoms with van der Waals surface area (Å²) >= 11 is 9.49. The van der Waals surface area contributed by atoms with Crippen molar-refractivity contribution in [2.75, 3.05) is 0 Å². The van der Waals surface area contributed by atoms with E-state index in [1.165, 1.54) is 37.7 Å². The summed E-state index contributed by atoms with van der Waals surface area (Å²) < 4.78 is 1.04. The normalized spacial score (nSPS) is 19.7. The van der Waals surface area contributed by atoms with E-state index in [9.17, 15) is 0 Å². The van der Waals surface area contributed by atoms with Gasteiger partial charge in [-0.05, 0) is 36.5 Å². The number of hydrogen-bond donors (Lipinski definition) is 1. The Morgan fingerprint density at radius 1 is 1.25 bits per heavy atom. The number of benzene rings is 1. The fourth-order valence-electron chi connectivity index (χ4n) is 2.52. The van der Waals surface area contributed by atoms with Crippen LogP contribution in [-0.4, -0.2) is 0 Å². The fraction of sp³-hybridized carbons (Fsp3) is 0.538. The van der Waals surface area contributed by atoms with Gasteiger partial charge in [-0.15, -0.1) is 0 Å². The first kappa shape index (κ1) is 12.4. The molecule has 2 rings (SSSR count). The Kier molecular flexibility index (Phi) is 4.28. The first-order valence-electron chi connectivity index (χ1n) is 5.89. The minimum atomic E-state index is 0.145. The van der Waals surface area contributed by atoms with E-state index in [2.05, 4.69) is 15.9 Å². The SMILES string of the molecule is NC(c1ccc(Cl)cc1Br)C1CCCCC1. The van der Waals surface area contributed by atoms with Crippen molar-refractivity contribution < 1.29 is 0 Å². The topological polar surface area (TPSA) is 26.0 Å². The van der Waals surface area contributed by atoms with Crippen LogP contribution in [0.15, 0.2) is 22.7 Å². The second kappa shape index (κ2) is 5.52. The quantitative estimate of drug-likeness (QED) is 0.843. The highest BCUT2D eigenvalue weighted by atomic mass is 79.9. The molecule has 0 spiro atoms. The van der Waals surface area contributed by atoms with Crippen LogP contribution in [0.25, 0.3) is 0 Å². The molecular formula is C13H17BrClN. The first-order valence-corrected chi connectivity index (χ1v) is 7.06. The molecule has 0 radical (unpaired) electrons. The van der Waals surface area contributed by atoms with Crippen LogP contribution in [0.5, 0.6) is 0 Å². The molecule has 0 heterocycles. The van der Waals surface area contributed by atoms with Crippen molar-refractivity contribution in [2.45, 2.75) is 38.1 Å². The van der Waals surface area contributed by atoms with Crippen molar-refractivity contribution in [1.29, 1.82) is 0 Å². The summed E-state index contributed by atoms with van der Waals surface area (Å²) in [6, 6.07) is 6.04. The lowest BCUT2D eigenvalue weighted by Crippen LogP contribution is -2.23. The third kappa shape index (κ3) is 2.79. The van der Waals surface area contributed by atoms with E-state index in [1.807, 2.05) is 18.2 Å². The van der Waals surface area contributed by atoms with Gasteiger partial charge in [0.1, 0.15) is 0 Å². The molecule has 1 nitrogen and oxygen atoms in total. The van der Waals surface area contributed by atoms with Crippen LogP contribution in [0.2, 0.25) is 5.02 Å². The summed E-state index contributed by atoms with van der Waals surface area (Å²) in [5, 5.41) is 0.756. The van der Waals surface area contributed by atoms with Crippen LogP contribution in [0, 0.1) is 5.92 Å². The van der Waals surface area contributed by atoms with Crippen LogP contribution in [0.3, 0.4) is 0 Å². The van der Waals surface area contributed by atoms with Gasteiger partial charge < -0.3 is 5.73 Å². The molecule has 16 heavy (non-hydrogen) atoms. The molecule has 0 amide bonds. The predicted molar refractivity (Wildman–Crippen MR) is 72.7 cm³/mol. The largest absolute Gasteiger partial charge is 0.324 e. The average Bonchev–Trinajstić information content (AvgIpc) is 2.29. The van der Waals surface area contributed by atoms with E-state index in [0.29, 0.717) is 5.92 Å². The van der Waals surface area contributed by atoms with Crippen molar-refractivity contribution in [3.05, 3.63) is 33.3 Å². The molecule has 1 unspecified atom stereocenters. The summed E-state index contributed by atoms with van der Waals surface area (Å²) in [5.41, 5.74) is 7.54. The first-order chi connectivity index (χ1) is 7.68. The summed E-state index contributed by atoms with van der Waals surface area (Å²) in [6.45, 7) is 0. The molecule has 0 aromatic heterocycles. The minimum Gasteiger partial charge on any atom is -0.324 e. The molecule has 1 atom stereocenters. The maximum atomic E-state index is 6.35. The number of nitrogens with two attached hydrogens (primary N) is 1. The van der Waals surface area contributed by atoms with Gasteiger partial charge in [-0.3, -0.25) is 0 Å². The summed E-state index contributed by atoms with van der Waals surface area (Å²) in [5.74, 6) is 0.631. The van der Waals surface area contributed by atoms with E-state index >= 15 is 0 Å². The van der Waals surface area contributed by atoms with Crippen molar-refractivity contribution in [2.24, 2.45) is 11.7 Å². The molecule has 1 aromatic carbocycles. The van der Waals surface area contributed by atoms with Crippen LogP contribution in [0.1, 0.15) is 43.7 Å². The monoisotopic (exact) mass is 301 g/mol. The smallest absolute Gasteiger partial charge is 0.0417 e. The van der Waals surface area contributed by atoms with Gasteiger partial charge in [-0.2, -0.15) is 0 Å². The molecule has 0 bridgehead atoms. The highest BCUT2D eigenvalue weighted by Gasteiger charge is 2.23. The zero-order valence-corrected chi connectivity index (χ0v) is 11.6. The molecule has 3 heteroatoms. The third-order valence-corrected chi connectivity index (χ3v) is 4.40. The molecular weight excluding hydrogens is 286 g/mol. The van der Waals surface area contributed by atoms with Gasteiger partial charge in [0.15, 0.2) is 0 Å². The van der Waals surface area contributed by atoms with Crippen LogP contribution < -0.4 is 5.73 Å². The van der Waals surface area contributed by atoms with Crippen molar-refractivity contribution in [1.82, 2.24) is 0 Å². The van der Waals surface area contributed by atoms with Gasteiger partial charge in [0.25, 0.3) is 0 Å². The molecule has 1 aliphatic carbocycles. The third-order valence-electron chi connectivity index (χ3n) is 3.48. The number of rotatable bonds is 2. The summed E-state index contributed by atoms with van der Waals surface area (Å²) in [7, 11) is 0. The Balaban J connectivity index is 2.15. The number of halogens is 2.